The minimum atomic E-state index is -1.54. The SMILES string of the molecule is CCC/C=C\C/C=C\CCCCCCCCOCC(COC1OC(CO)C(O)C(O)C1O)OC(=O)CCCCCCCCCCC/C=C\C/C=C\CCCCCCC. The van der Waals surface area contributed by atoms with Crippen LogP contribution >= 0.6 is 0 Å². The molecule has 0 amide bonds. The molecular formula is C49H88O9. The molecular weight excluding hydrogens is 733 g/mol. The number of unbranched alkanes of at least 4 members (excludes halogenated alkanes) is 21. The Labute approximate surface area is 354 Å². The Morgan fingerprint density at radius 3 is 1.55 bits per heavy atom. The third-order valence-corrected chi connectivity index (χ3v) is 10.7. The van der Waals surface area contributed by atoms with Crippen LogP contribution in [-0.4, -0.2) is 89.6 Å². The zero-order chi connectivity index (χ0) is 42.2. The maximum absolute atomic E-state index is 12.8. The van der Waals surface area contributed by atoms with Gasteiger partial charge in [0, 0.05) is 13.0 Å². The number of hydrogen-bond donors (Lipinski definition) is 4. The summed E-state index contributed by atoms with van der Waals surface area (Å²) in [5.41, 5.74) is 0. The predicted octanol–water partition coefficient (Wildman–Crippen LogP) is 10.9. The molecule has 6 unspecified atom stereocenters. The summed E-state index contributed by atoms with van der Waals surface area (Å²) in [6.07, 6.45) is 42.8. The normalized spacial score (nSPS) is 20.7. The molecule has 1 aliphatic heterocycles. The Kier molecular flexibility index (Phi) is 37.9. The highest BCUT2D eigenvalue weighted by atomic mass is 16.7. The lowest BCUT2D eigenvalue weighted by atomic mass is 9.99. The summed E-state index contributed by atoms with van der Waals surface area (Å²) >= 11 is 0. The average Bonchev–Trinajstić information content (AvgIpc) is 3.22. The quantitative estimate of drug-likeness (QED) is 0.0271. The zero-order valence-corrected chi connectivity index (χ0v) is 37.0. The van der Waals surface area contributed by atoms with E-state index in [2.05, 4.69) is 62.5 Å². The lowest BCUT2D eigenvalue weighted by molar-refractivity contribution is -0.305. The third kappa shape index (κ3) is 31.1. The number of allylic oxidation sites excluding steroid dienone is 8. The summed E-state index contributed by atoms with van der Waals surface area (Å²) in [5, 5.41) is 40.1. The second-order valence-electron chi connectivity index (χ2n) is 16.2. The van der Waals surface area contributed by atoms with E-state index >= 15 is 0 Å². The molecule has 9 heteroatoms. The molecule has 58 heavy (non-hydrogen) atoms. The summed E-state index contributed by atoms with van der Waals surface area (Å²) in [7, 11) is 0. The molecule has 1 saturated heterocycles. The first-order valence-electron chi connectivity index (χ1n) is 23.7. The Balaban J connectivity index is 2.24. The van der Waals surface area contributed by atoms with Crippen LogP contribution in [0.1, 0.15) is 194 Å². The van der Waals surface area contributed by atoms with Gasteiger partial charge in [0.1, 0.15) is 30.5 Å². The van der Waals surface area contributed by atoms with Crippen molar-refractivity contribution in [3.8, 4) is 0 Å². The van der Waals surface area contributed by atoms with Crippen molar-refractivity contribution in [2.24, 2.45) is 0 Å². The van der Waals surface area contributed by atoms with Gasteiger partial charge in [0.25, 0.3) is 0 Å². The van der Waals surface area contributed by atoms with Gasteiger partial charge in [-0.3, -0.25) is 4.79 Å². The van der Waals surface area contributed by atoms with Crippen LogP contribution in [-0.2, 0) is 23.7 Å². The van der Waals surface area contributed by atoms with E-state index in [1.165, 1.54) is 109 Å². The van der Waals surface area contributed by atoms with E-state index in [-0.39, 0.29) is 19.2 Å². The monoisotopic (exact) mass is 821 g/mol. The van der Waals surface area contributed by atoms with Crippen molar-refractivity contribution in [1.82, 2.24) is 0 Å². The fraction of sp³-hybridized carbons (Fsp3) is 0.816. The lowest BCUT2D eigenvalue weighted by Gasteiger charge is -2.39. The standard InChI is InChI=1S/C49H88O9/c1-3-5-7-9-11-13-15-17-19-20-21-22-23-24-25-26-28-30-32-34-36-38-45(51)57-43(42-56-49-48(54)47(53)46(52)44(40-50)58-49)41-55-39-37-35-33-31-29-27-18-16-14-12-10-8-6-4-2/h8,10,14-17,20-21,43-44,46-50,52-54H,3-7,9,11-13,18-19,22-42H2,1-2H3/b10-8-,16-14-,17-15-,21-20-. The molecule has 0 spiro atoms. The second kappa shape index (κ2) is 40.6. The van der Waals surface area contributed by atoms with E-state index in [9.17, 15) is 25.2 Å². The predicted molar refractivity (Wildman–Crippen MR) is 238 cm³/mol. The highest BCUT2D eigenvalue weighted by Crippen LogP contribution is 2.22. The molecule has 0 saturated carbocycles. The van der Waals surface area contributed by atoms with Crippen molar-refractivity contribution >= 4 is 5.97 Å². The zero-order valence-electron chi connectivity index (χ0n) is 37.0. The number of hydrogen-bond acceptors (Lipinski definition) is 9. The highest BCUT2D eigenvalue weighted by molar-refractivity contribution is 5.69. The van der Waals surface area contributed by atoms with Gasteiger partial charge < -0.3 is 39.4 Å². The van der Waals surface area contributed by atoms with Crippen LogP contribution in [0.15, 0.2) is 48.6 Å². The third-order valence-electron chi connectivity index (χ3n) is 10.7. The van der Waals surface area contributed by atoms with Crippen molar-refractivity contribution < 1.29 is 44.2 Å². The number of carbonyl (C=O) groups is 1. The van der Waals surface area contributed by atoms with E-state index in [1.807, 2.05) is 0 Å². The van der Waals surface area contributed by atoms with E-state index < -0.39 is 43.4 Å². The van der Waals surface area contributed by atoms with E-state index in [0.717, 1.165) is 64.2 Å². The number of rotatable bonds is 40. The molecule has 0 bridgehead atoms. The number of ether oxygens (including phenoxy) is 4. The number of aliphatic hydroxyl groups excluding tert-OH is 4. The molecule has 1 aliphatic rings. The van der Waals surface area contributed by atoms with Crippen molar-refractivity contribution in [2.75, 3.05) is 26.4 Å². The van der Waals surface area contributed by atoms with Gasteiger partial charge >= 0.3 is 5.97 Å². The molecule has 9 nitrogen and oxygen atoms in total. The summed E-state index contributed by atoms with van der Waals surface area (Å²) < 4.78 is 22.8. The van der Waals surface area contributed by atoms with Crippen LogP contribution in [0.4, 0.5) is 0 Å². The minimum Gasteiger partial charge on any atom is -0.457 e. The molecule has 1 heterocycles. The summed E-state index contributed by atoms with van der Waals surface area (Å²) in [4.78, 5) is 12.8. The van der Waals surface area contributed by atoms with E-state index in [0.29, 0.717) is 13.0 Å². The van der Waals surface area contributed by atoms with Crippen molar-refractivity contribution in [3.05, 3.63) is 48.6 Å². The van der Waals surface area contributed by atoms with Gasteiger partial charge in [-0.05, 0) is 70.6 Å². The summed E-state index contributed by atoms with van der Waals surface area (Å²) in [5.74, 6) is -0.323. The van der Waals surface area contributed by atoms with E-state index in [1.54, 1.807) is 0 Å². The Morgan fingerprint density at radius 2 is 1.03 bits per heavy atom. The number of aliphatic hydroxyl groups is 4. The van der Waals surface area contributed by atoms with Gasteiger partial charge in [0.2, 0.25) is 0 Å². The fourth-order valence-electron chi connectivity index (χ4n) is 6.97. The summed E-state index contributed by atoms with van der Waals surface area (Å²) in [6, 6.07) is 0. The molecule has 6 atom stereocenters. The van der Waals surface area contributed by atoms with Crippen LogP contribution in [0, 0.1) is 0 Å². The second-order valence-corrected chi connectivity index (χ2v) is 16.2. The molecule has 1 fully saturated rings. The first-order chi connectivity index (χ1) is 28.4. The van der Waals surface area contributed by atoms with Crippen LogP contribution in [0.3, 0.4) is 0 Å². The van der Waals surface area contributed by atoms with Crippen LogP contribution in [0.25, 0.3) is 0 Å². The van der Waals surface area contributed by atoms with Crippen molar-refractivity contribution in [1.29, 1.82) is 0 Å². The molecule has 1 rings (SSSR count). The molecule has 0 aromatic rings. The topological polar surface area (TPSA) is 135 Å². The molecule has 0 aromatic heterocycles. The first kappa shape index (κ1) is 54.2. The Bertz CT molecular complexity index is 1030. The van der Waals surface area contributed by atoms with Gasteiger partial charge in [-0.15, -0.1) is 0 Å². The van der Waals surface area contributed by atoms with E-state index in [4.69, 9.17) is 18.9 Å². The number of carbonyl (C=O) groups excluding carboxylic acids is 1. The maximum atomic E-state index is 12.8. The molecule has 4 N–H and O–H groups in total. The fourth-order valence-corrected chi connectivity index (χ4v) is 6.97. The summed E-state index contributed by atoms with van der Waals surface area (Å²) in [6.45, 7) is 4.46. The number of esters is 1. The van der Waals surface area contributed by atoms with Gasteiger partial charge in [0.05, 0.1) is 19.8 Å². The lowest BCUT2D eigenvalue weighted by Crippen LogP contribution is -2.59. The molecule has 0 radical (unpaired) electrons. The average molecular weight is 821 g/mol. The van der Waals surface area contributed by atoms with Crippen LogP contribution < -0.4 is 0 Å². The maximum Gasteiger partial charge on any atom is 0.306 e. The smallest absolute Gasteiger partial charge is 0.306 e. The van der Waals surface area contributed by atoms with Gasteiger partial charge in [-0.25, -0.2) is 0 Å². The first-order valence-corrected chi connectivity index (χ1v) is 23.7. The van der Waals surface area contributed by atoms with Crippen LogP contribution in [0.5, 0.6) is 0 Å². The Morgan fingerprint density at radius 1 is 0.552 bits per heavy atom. The highest BCUT2D eigenvalue weighted by Gasteiger charge is 2.44. The van der Waals surface area contributed by atoms with Crippen LogP contribution in [0.2, 0.25) is 0 Å². The minimum absolute atomic E-state index is 0.120. The van der Waals surface area contributed by atoms with Gasteiger partial charge in [-0.1, -0.05) is 165 Å². The largest absolute Gasteiger partial charge is 0.457 e. The molecule has 338 valence electrons. The van der Waals surface area contributed by atoms with Crippen molar-refractivity contribution in [3.63, 3.8) is 0 Å². The molecule has 0 aliphatic carbocycles. The van der Waals surface area contributed by atoms with Gasteiger partial charge in [-0.2, -0.15) is 0 Å². The van der Waals surface area contributed by atoms with Gasteiger partial charge in [0.15, 0.2) is 6.29 Å². The molecule has 0 aromatic carbocycles. The Hall–Kier alpha value is -1.85. The van der Waals surface area contributed by atoms with Crippen molar-refractivity contribution in [2.45, 2.75) is 230 Å².